The van der Waals surface area contributed by atoms with Crippen molar-refractivity contribution in [3.05, 3.63) is 0 Å². The van der Waals surface area contributed by atoms with Crippen LogP contribution in [0.2, 0.25) is 0 Å². The topological polar surface area (TPSA) is 49.3 Å². The van der Waals surface area contributed by atoms with Crippen LogP contribution in [0.25, 0.3) is 0 Å². The minimum atomic E-state index is -0.653. The lowest BCUT2D eigenvalue weighted by atomic mass is 10.0. The highest BCUT2D eigenvalue weighted by molar-refractivity contribution is 5.75. The zero-order valence-corrected chi connectivity index (χ0v) is 16.5. The molecule has 3 heteroatoms. The van der Waals surface area contributed by atoms with Crippen LogP contribution in [-0.4, -0.2) is 17.2 Å². The second kappa shape index (κ2) is 18.8. The van der Waals surface area contributed by atoms with E-state index in [2.05, 4.69) is 19.2 Å². The molecule has 24 heavy (non-hydrogen) atoms. The van der Waals surface area contributed by atoms with Gasteiger partial charge in [0.05, 0.1) is 0 Å². The van der Waals surface area contributed by atoms with Crippen LogP contribution < -0.4 is 5.32 Å². The summed E-state index contributed by atoms with van der Waals surface area (Å²) in [5.74, 6) is 0.00155. The first kappa shape index (κ1) is 23.4. The average molecular weight is 342 g/mol. The quantitative estimate of drug-likeness (QED) is 0.234. The molecule has 0 aliphatic carbocycles. The summed E-state index contributed by atoms with van der Waals surface area (Å²) in [7, 11) is 0. The van der Waals surface area contributed by atoms with Crippen LogP contribution in [0.5, 0.6) is 0 Å². The molecule has 144 valence electrons. The van der Waals surface area contributed by atoms with E-state index in [0.717, 1.165) is 25.7 Å². The van der Waals surface area contributed by atoms with Gasteiger partial charge in [0, 0.05) is 6.42 Å². The van der Waals surface area contributed by atoms with Gasteiger partial charge in [0.25, 0.3) is 0 Å². The van der Waals surface area contributed by atoms with Gasteiger partial charge in [-0.3, -0.25) is 4.79 Å². The lowest BCUT2D eigenvalue weighted by Crippen LogP contribution is -2.34. The molecule has 0 radical (unpaired) electrons. The molecule has 0 saturated carbocycles. The van der Waals surface area contributed by atoms with Crippen LogP contribution in [0.15, 0.2) is 0 Å². The summed E-state index contributed by atoms with van der Waals surface area (Å²) in [6.07, 6.45) is 19.7. The SMILES string of the molecule is CCCCCCCCCCCCCCCC(=O)NC(O)CCCC. The number of carbonyl (C=O) groups is 1. The average Bonchev–Trinajstić information content (AvgIpc) is 2.57. The largest absolute Gasteiger partial charge is 0.374 e. The molecule has 0 fully saturated rings. The van der Waals surface area contributed by atoms with E-state index in [9.17, 15) is 9.90 Å². The predicted molar refractivity (Wildman–Crippen MR) is 104 cm³/mol. The van der Waals surface area contributed by atoms with Gasteiger partial charge in [-0.2, -0.15) is 0 Å². The van der Waals surface area contributed by atoms with Gasteiger partial charge >= 0.3 is 0 Å². The molecule has 1 unspecified atom stereocenters. The fourth-order valence-electron chi connectivity index (χ4n) is 3.03. The van der Waals surface area contributed by atoms with Crippen LogP contribution in [-0.2, 0) is 4.79 Å². The highest BCUT2D eigenvalue weighted by atomic mass is 16.3. The van der Waals surface area contributed by atoms with E-state index in [0.29, 0.717) is 12.8 Å². The number of carbonyl (C=O) groups excluding carboxylic acids is 1. The fourth-order valence-corrected chi connectivity index (χ4v) is 3.03. The van der Waals surface area contributed by atoms with E-state index >= 15 is 0 Å². The first-order chi connectivity index (χ1) is 11.7. The summed E-state index contributed by atoms with van der Waals surface area (Å²) in [5.41, 5.74) is 0. The van der Waals surface area contributed by atoms with Crippen molar-refractivity contribution >= 4 is 5.91 Å². The number of aliphatic hydroxyl groups is 1. The first-order valence-corrected chi connectivity index (χ1v) is 10.7. The molecule has 1 amide bonds. The van der Waals surface area contributed by atoms with Gasteiger partial charge in [0.1, 0.15) is 6.23 Å². The molecular formula is C21H43NO2. The summed E-state index contributed by atoms with van der Waals surface area (Å²) >= 11 is 0. The Morgan fingerprint density at radius 1 is 0.708 bits per heavy atom. The Bertz CT molecular complexity index is 269. The molecule has 0 aromatic heterocycles. The van der Waals surface area contributed by atoms with Crippen molar-refractivity contribution in [2.45, 2.75) is 129 Å². The van der Waals surface area contributed by atoms with Crippen molar-refractivity contribution in [1.82, 2.24) is 5.32 Å². The minimum Gasteiger partial charge on any atom is -0.374 e. The van der Waals surface area contributed by atoms with Gasteiger partial charge in [-0.1, -0.05) is 97.3 Å². The first-order valence-electron chi connectivity index (χ1n) is 10.7. The highest BCUT2D eigenvalue weighted by Gasteiger charge is 2.07. The van der Waals surface area contributed by atoms with Crippen molar-refractivity contribution in [2.24, 2.45) is 0 Å². The molecule has 0 aliphatic rings. The molecule has 1 atom stereocenters. The number of nitrogens with one attached hydrogen (secondary N) is 1. The summed E-state index contributed by atoms with van der Waals surface area (Å²) in [6, 6.07) is 0. The number of unbranched alkanes of at least 4 members (excludes halogenated alkanes) is 13. The van der Waals surface area contributed by atoms with Gasteiger partial charge in [0.2, 0.25) is 5.91 Å². The minimum absolute atomic E-state index is 0.00155. The molecule has 0 saturated heterocycles. The maximum Gasteiger partial charge on any atom is 0.221 e. The van der Waals surface area contributed by atoms with E-state index in [1.165, 1.54) is 70.6 Å². The maximum absolute atomic E-state index is 11.6. The van der Waals surface area contributed by atoms with Gasteiger partial charge in [-0.05, 0) is 19.3 Å². The summed E-state index contributed by atoms with van der Waals surface area (Å²) in [5, 5.41) is 12.3. The van der Waals surface area contributed by atoms with Crippen molar-refractivity contribution in [3.8, 4) is 0 Å². The van der Waals surface area contributed by atoms with Gasteiger partial charge in [-0.15, -0.1) is 0 Å². The number of hydrogen-bond acceptors (Lipinski definition) is 2. The van der Waals surface area contributed by atoms with Crippen molar-refractivity contribution in [2.75, 3.05) is 0 Å². The molecular weight excluding hydrogens is 298 g/mol. The zero-order chi connectivity index (χ0) is 17.9. The Hall–Kier alpha value is -0.570. The number of rotatable bonds is 18. The lowest BCUT2D eigenvalue weighted by molar-refractivity contribution is -0.124. The number of hydrogen-bond donors (Lipinski definition) is 2. The van der Waals surface area contributed by atoms with Crippen LogP contribution in [0.4, 0.5) is 0 Å². The maximum atomic E-state index is 11.6. The summed E-state index contributed by atoms with van der Waals surface area (Å²) in [6.45, 7) is 4.35. The van der Waals surface area contributed by atoms with Crippen molar-refractivity contribution < 1.29 is 9.90 Å². The summed E-state index contributed by atoms with van der Waals surface area (Å²) < 4.78 is 0. The third-order valence-corrected chi connectivity index (χ3v) is 4.67. The van der Waals surface area contributed by atoms with Gasteiger partial charge < -0.3 is 10.4 Å². The number of amides is 1. The molecule has 0 rings (SSSR count). The zero-order valence-electron chi connectivity index (χ0n) is 16.5. The molecule has 0 aliphatic heterocycles. The molecule has 0 bridgehead atoms. The Morgan fingerprint density at radius 3 is 1.58 bits per heavy atom. The third kappa shape index (κ3) is 17.8. The Balaban J connectivity index is 3.20. The standard InChI is InChI=1S/C21H43NO2/c1-3-5-7-8-9-10-11-12-13-14-15-16-17-19-21(24)22-20(23)18-6-4-2/h20,23H,3-19H2,1-2H3,(H,22,24). The molecule has 2 N–H and O–H groups in total. The van der Waals surface area contributed by atoms with Crippen LogP contribution in [0.3, 0.4) is 0 Å². The van der Waals surface area contributed by atoms with E-state index in [1.807, 2.05) is 0 Å². The van der Waals surface area contributed by atoms with E-state index in [4.69, 9.17) is 0 Å². The lowest BCUT2D eigenvalue weighted by Gasteiger charge is -2.12. The van der Waals surface area contributed by atoms with Crippen molar-refractivity contribution in [1.29, 1.82) is 0 Å². The molecule has 0 aromatic carbocycles. The van der Waals surface area contributed by atoms with Crippen LogP contribution in [0, 0.1) is 0 Å². The molecule has 0 spiro atoms. The Kier molecular flexibility index (Phi) is 18.3. The molecule has 3 nitrogen and oxygen atoms in total. The van der Waals surface area contributed by atoms with Gasteiger partial charge in [-0.25, -0.2) is 0 Å². The normalized spacial score (nSPS) is 12.3. The van der Waals surface area contributed by atoms with E-state index in [-0.39, 0.29) is 5.91 Å². The smallest absolute Gasteiger partial charge is 0.221 e. The molecule has 0 aromatic rings. The predicted octanol–water partition coefficient (Wildman–Crippen LogP) is 6.09. The highest BCUT2D eigenvalue weighted by Crippen LogP contribution is 2.13. The number of aliphatic hydroxyl groups excluding tert-OH is 1. The molecule has 0 heterocycles. The van der Waals surface area contributed by atoms with Crippen LogP contribution >= 0.6 is 0 Å². The fraction of sp³-hybridized carbons (Fsp3) is 0.952. The van der Waals surface area contributed by atoms with Crippen molar-refractivity contribution in [3.63, 3.8) is 0 Å². The Morgan fingerprint density at radius 2 is 1.12 bits per heavy atom. The van der Waals surface area contributed by atoms with Crippen LogP contribution in [0.1, 0.15) is 123 Å². The second-order valence-electron chi connectivity index (χ2n) is 7.22. The van der Waals surface area contributed by atoms with E-state index in [1.54, 1.807) is 0 Å². The van der Waals surface area contributed by atoms with E-state index < -0.39 is 6.23 Å². The monoisotopic (exact) mass is 341 g/mol. The second-order valence-corrected chi connectivity index (χ2v) is 7.22. The summed E-state index contributed by atoms with van der Waals surface area (Å²) in [4.78, 5) is 11.6. The Labute approximate surface area is 151 Å². The third-order valence-electron chi connectivity index (χ3n) is 4.67. The van der Waals surface area contributed by atoms with Gasteiger partial charge in [0.15, 0.2) is 0 Å².